The Hall–Kier alpha value is -0.770. The van der Waals surface area contributed by atoms with Gasteiger partial charge in [0, 0.05) is 5.54 Å². The van der Waals surface area contributed by atoms with Gasteiger partial charge in [-0.2, -0.15) is 0 Å². The van der Waals surface area contributed by atoms with Crippen molar-refractivity contribution in [3.8, 4) is 0 Å². The van der Waals surface area contributed by atoms with Crippen LogP contribution in [0, 0.1) is 0 Å². The highest BCUT2D eigenvalue weighted by Crippen LogP contribution is 2.06. The molecule has 0 aromatic heterocycles. The Kier molecular flexibility index (Phi) is 4.91. The lowest BCUT2D eigenvalue weighted by atomic mass is 10.0. The van der Waals surface area contributed by atoms with Crippen LogP contribution in [0.4, 0.5) is 4.79 Å². The molecule has 0 fully saturated rings. The van der Waals surface area contributed by atoms with Gasteiger partial charge >= 0.3 is 6.03 Å². The maximum atomic E-state index is 11.2. The van der Waals surface area contributed by atoms with E-state index in [1.165, 1.54) is 6.92 Å². The first-order valence-corrected chi connectivity index (χ1v) is 4.99. The van der Waals surface area contributed by atoms with Crippen LogP contribution in [0.15, 0.2) is 0 Å². The molecule has 14 heavy (non-hydrogen) atoms. The number of carbonyl (C=O) groups is 2. The van der Waals surface area contributed by atoms with Crippen LogP contribution in [0.25, 0.3) is 0 Å². The van der Waals surface area contributed by atoms with Crippen LogP contribution in [0.1, 0.15) is 34.1 Å². The van der Waals surface area contributed by atoms with Gasteiger partial charge in [0.05, 0.1) is 0 Å². The van der Waals surface area contributed by atoms with Crippen LogP contribution in [0.3, 0.4) is 0 Å². The van der Waals surface area contributed by atoms with Gasteiger partial charge in [0.2, 0.25) is 5.91 Å². The monoisotopic (exact) mass is 220 g/mol. The van der Waals surface area contributed by atoms with E-state index in [0.29, 0.717) is 0 Å². The lowest BCUT2D eigenvalue weighted by molar-refractivity contribution is -0.119. The SMILES string of the molecule is CCC(C)(C)NC(=O)NC(=O)C(C)Cl. The van der Waals surface area contributed by atoms with Crippen molar-refractivity contribution in [2.24, 2.45) is 0 Å². The second-order valence-corrected chi connectivity index (χ2v) is 4.45. The Morgan fingerprint density at radius 2 is 1.93 bits per heavy atom. The number of carbonyl (C=O) groups excluding carboxylic acids is 2. The van der Waals surface area contributed by atoms with Crippen LogP contribution < -0.4 is 10.6 Å². The molecule has 0 aliphatic heterocycles. The molecule has 3 amide bonds. The predicted octanol–water partition coefficient (Wildman–Crippen LogP) is 1.63. The van der Waals surface area contributed by atoms with Gasteiger partial charge < -0.3 is 5.32 Å². The minimum Gasteiger partial charge on any atom is -0.333 e. The summed E-state index contributed by atoms with van der Waals surface area (Å²) in [7, 11) is 0. The zero-order chi connectivity index (χ0) is 11.4. The molecule has 1 atom stereocenters. The van der Waals surface area contributed by atoms with Crippen molar-refractivity contribution in [2.75, 3.05) is 0 Å². The number of alkyl halides is 1. The van der Waals surface area contributed by atoms with E-state index in [0.717, 1.165) is 6.42 Å². The van der Waals surface area contributed by atoms with Crippen LogP contribution >= 0.6 is 11.6 Å². The number of nitrogens with one attached hydrogen (secondary N) is 2. The number of urea groups is 1. The van der Waals surface area contributed by atoms with Gasteiger partial charge in [0.25, 0.3) is 0 Å². The predicted molar refractivity (Wildman–Crippen MR) is 56.4 cm³/mol. The van der Waals surface area contributed by atoms with Crippen LogP contribution in [-0.2, 0) is 4.79 Å². The molecule has 5 heteroatoms. The van der Waals surface area contributed by atoms with Crippen molar-refractivity contribution >= 4 is 23.5 Å². The Morgan fingerprint density at radius 3 is 2.29 bits per heavy atom. The van der Waals surface area contributed by atoms with Crippen LogP contribution in [0.2, 0.25) is 0 Å². The molecule has 0 saturated heterocycles. The minimum absolute atomic E-state index is 0.320. The third-order valence-corrected chi connectivity index (χ3v) is 2.13. The first kappa shape index (κ1) is 13.2. The molecule has 0 rings (SSSR count). The van der Waals surface area contributed by atoms with Gasteiger partial charge in [-0.15, -0.1) is 11.6 Å². The number of halogens is 1. The normalized spacial score (nSPS) is 13.2. The summed E-state index contributed by atoms with van der Waals surface area (Å²) < 4.78 is 0. The summed E-state index contributed by atoms with van der Waals surface area (Å²) in [5, 5.41) is 4.11. The van der Waals surface area contributed by atoms with E-state index in [4.69, 9.17) is 11.6 Å². The lowest BCUT2D eigenvalue weighted by Crippen LogP contribution is -2.50. The molecule has 82 valence electrons. The third-order valence-electron chi connectivity index (χ3n) is 1.93. The van der Waals surface area contributed by atoms with Crippen molar-refractivity contribution in [1.29, 1.82) is 0 Å². The van der Waals surface area contributed by atoms with Crippen molar-refractivity contribution in [2.45, 2.75) is 45.0 Å². The van der Waals surface area contributed by atoms with E-state index >= 15 is 0 Å². The van der Waals surface area contributed by atoms with E-state index < -0.39 is 17.3 Å². The smallest absolute Gasteiger partial charge is 0.321 e. The molecule has 0 bridgehead atoms. The fourth-order valence-electron chi connectivity index (χ4n) is 0.638. The number of imide groups is 1. The summed E-state index contributed by atoms with van der Waals surface area (Å²) in [6.45, 7) is 7.21. The van der Waals surface area contributed by atoms with Gasteiger partial charge in [-0.3, -0.25) is 10.1 Å². The summed E-state index contributed by atoms with van der Waals surface area (Å²) >= 11 is 5.49. The van der Waals surface area contributed by atoms with E-state index in [2.05, 4.69) is 10.6 Å². The minimum atomic E-state index is -0.703. The van der Waals surface area contributed by atoms with Crippen LogP contribution in [-0.4, -0.2) is 22.9 Å². The van der Waals surface area contributed by atoms with Crippen LogP contribution in [0.5, 0.6) is 0 Å². The number of hydrogen-bond donors (Lipinski definition) is 2. The number of rotatable bonds is 3. The second kappa shape index (κ2) is 5.20. The van der Waals surface area contributed by atoms with E-state index in [1.807, 2.05) is 20.8 Å². The Balaban J connectivity index is 4.06. The average Bonchev–Trinajstić information content (AvgIpc) is 2.02. The zero-order valence-electron chi connectivity index (χ0n) is 8.98. The Morgan fingerprint density at radius 1 is 1.43 bits per heavy atom. The number of hydrogen-bond acceptors (Lipinski definition) is 2. The van der Waals surface area contributed by atoms with Crippen molar-refractivity contribution in [1.82, 2.24) is 10.6 Å². The molecule has 0 saturated carbocycles. The molecule has 0 aromatic rings. The molecule has 0 radical (unpaired) electrons. The molecule has 1 unspecified atom stereocenters. The summed E-state index contributed by atoms with van der Waals surface area (Å²) in [6.07, 6.45) is 0.783. The molecular weight excluding hydrogens is 204 g/mol. The molecular formula is C9H17ClN2O2. The molecule has 0 aromatic carbocycles. The quantitative estimate of drug-likeness (QED) is 0.711. The third kappa shape index (κ3) is 5.07. The fourth-order valence-corrected chi connectivity index (χ4v) is 0.693. The van der Waals surface area contributed by atoms with Gasteiger partial charge in [-0.1, -0.05) is 6.92 Å². The number of amides is 3. The topological polar surface area (TPSA) is 58.2 Å². The van der Waals surface area contributed by atoms with E-state index in [-0.39, 0.29) is 5.54 Å². The van der Waals surface area contributed by atoms with Gasteiger partial charge in [-0.25, -0.2) is 4.79 Å². The maximum Gasteiger partial charge on any atom is 0.321 e. The summed E-state index contributed by atoms with van der Waals surface area (Å²) in [5.41, 5.74) is -0.320. The molecule has 0 aliphatic rings. The maximum absolute atomic E-state index is 11.2. The molecule has 4 nitrogen and oxygen atoms in total. The summed E-state index contributed by atoms with van der Waals surface area (Å²) in [5.74, 6) is -0.490. The molecule has 0 aliphatic carbocycles. The standard InChI is InChI=1S/C9H17ClN2O2/c1-5-9(3,4)12-8(14)11-7(13)6(2)10/h6H,5H2,1-4H3,(H2,11,12,13,14). The second-order valence-electron chi connectivity index (χ2n) is 3.80. The summed E-state index contributed by atoms with van der Waals surface area (Å²) in [4.78, 5) is 22.3. The Bertz CT molecular complexity index is 227. The lowest BCUT2D eigenvalue weighted by Gasteiger charge is -2.24. The molecule has 0 spiro atoms. The highest BCUT2D eigenvalue weighted by atomic mass is 35.5. The summed E-state index contributed by atoms with van der Waals surface area (Å²) in [6, 6.07) is -0.505. The fraction of sp³-hybridized carbons (Fsp3) is 0.778. The zero-order valence-corrected chi connectivity index (χ0v) is 9.73. The first-order valence-electron chi connectivity index (χ1n) is 4.55. The van der Waals surface area contributed by atoms with Crippen molar-refractivity contribution < 1.29 is 9.59 Å². The molecule has 2 N–H and O–H groups in total. The van der Waals surface area contributed by atoms with Gasteiger partial charge in [-0.05, 0) is 27.2 Å². The molecule has 0 heterocycles. The average molecular weight is 221 g/mol. The Labute approximate surface area is 89.4 Å². The van der Waals surface area contributed by atoms with Crippen molar-refractivity contribution in [3.05, 3.63) is 0 Å². The highest BCUT2D eigenvalue weighted by molar-refractivity contribution is 6.31. The van der Waals surface area contributed by atoms with Crippen molar-refractivity contribution in [3.63, 3.8) is 0 Å². The van der Waals surface area contributed by atoms with E-state index in [1.54, 1.807) is 0 Å². The highest BCUT2D eigenvalue weighted by Gasteiger charge is 2.20. The van der Waals surface area contributed by atoms with E-state index in [9.17, 15) is 9.59 Å². The van der Waals surface area contributed by atoms with Gasteiger partial charge in [0.15, 0.2) is 0 Å². The van der Waals surface area contributed by atoms with Gasteiger partial charge in [0.1, 0.15) is 5.38 Å². The largest absolute Gasteiger partial charge is 0.333 e. The first-order chi connectivity index (χ1) is 6.28.